The van der Waals surface area contributed by atoms with Crippen LogP contribution in [0.2, 0.25) is 5.02 Å². The van der Waals surface area contributed by atoms with Gasteiger partial charge in [-0.1, -0.05) is 29.8 Å². The molecule has 0 saturated carbocycles. The maximum atomic E-state index is 11.3. The molecule has 4 rings (SSSR count). The number of carbonyl (C=O) groups is 1. The van der Waals surface area contributed by atoms with E-state index >= 15 is 0 Å². The first-order valence-electron chi connectivity index (χ1n) is 10.4. The second kappa shape index (κ2) is 10.1. The summed E-state index contributed by atoms with van der Waals surface area (Å²) in [7, 11) is 1.50. The van der Waals surface area contributed by atoms with Crippen molar-refractivity contribution < 1.29 is 19.1 Å². The number of allylic oxidation sites excluding steroid dienone is 1. The third kappa shape index (κ3) is 5.13. The minimum Gasteiger partial charge on any atom is -0.481 e. The van der Waals surface area contributed by atoms with E-state index in [-0.39, 0.29) is 12.3 Å². The minimum absolute atomic E-state index is 0.0792. The Labute approximate surface area is 191 Å². The van der Waals surface area contributed by atoms with E-state index < -0.39 is 5.97 Å². The van der Waals surface area contributed by atoms with Gasteiger partial charge in [-0.05, 0) is 65.6 Å². The highest BCUT2D eigenvalue weighted by Crippen LogP contribution is 2.45. The number of carboxylic acid groups (broad SMARTS) is 1. The zero-order valence-electron chi connectivity index (χ0n) is 17.3. The van der Waals surface area contributed by atoms with E-state index in [0.29, 0.717) is 17.4 Å². The number of aromatic nitrogens is 1. The maximum absolute atomic E-state index is 11.3. The van der Waals surface area contributed by atoms with Crippen molar-refractivity contribution in [2.75, 3.05) is 20.2 Å². The predicted molar refractivity (Wildman–Crippen MR) is 122 cm³/mol. The Bertz CT molecular complexity index is 976. The molecule has 1 N–H and O–H groups in total. The van der Waals surface area contributed by atoms with Gasteiger partial charge < -0.3 is 5.11 Å². The normalized spacial score (nSPS) is 19.3. The molecule has 2 aromatic rings. The molecule has 6 nitrogen and oxygen atoms in total. The van der Waals surface area contributed by atoms with Gasteiger partial charge in [-0.3, -0.25) is 9.78 Å². The first-order chi connectivity index (χ1) is 15.1. The Kier molecular flexibility index (Phi) is 7.30. The van der Waals surface area contributed by atoms with Crippen LogP contribution in [0.3, 0.4) is 0 Å². The predicted octanol–water partition coefficient (Wildman–Crippen LogP) is 5.44. The van der Waals surface area contributed by atoms with Crippen LogP contribution in [-0.2, 0) is 14.0 Å². The van der Waals surface area contributed by atoms with Crippen molar-refractivity contribution in [1.82, 2.24) is 9.29 Å². The smallest absolute Gasteiger partial charge is 0.303 e. The maximum Gasteiger partial charge on any atom is 0.303 e. The van der Waals surface area contributed by atoms with Crippen molar-refractivity contribution in [1.29, 1.82) is 0 Å². The number of nitrogens with zero attached hydrogens (tertiary/aromatic N) is 2. The minimum atomic E-state index is -0.804. The molecule has 1 aliphatic heterocycles. The van der Waals surface area contributed by atoms with Crippen LogP contribution in [0.25, 0.3) is 11.6 Å². The molecule has 0 amide bonds. The Morgan fingerprint density at radius 3 is 2.87 bits per heavy atom. The second-order valence-corrected chi connectivity index (χ2v) is 9.06. The van der Waals surface area contributed by atoms with Gasteiger partial charge in [0.25, 0.3) is 0 Å². The van der Waals surface area contributed by atoms with Gasteiger partial charge >= 0.3 is 5.97 Å². The van der Waals surface area contributed by atoms with Crippen molar-refractivity contribution in [2.24, 2.45) is 5.92 Å². The molecule has 0 radical (unpaired) electrons. The summed E-state index contributed by atoms with van der Waals surface area (Å²) in [5.41, 5.74) is 5.32. The van der Waals surface area contributed by atoms with Gasteiger partial charge in [0.1, 0.15) is 12.2 Å². The molecule has 31 heavy (non-hydrogen) atoms. The monoisotopic (exact) mass is 460 g/mol. The summed E-state index contributed by atoms with van der Waals surface area (Å²) < 4.78 is 7.18. The molecule has 1 saturated heterocycles. The SMILES string of the molecule is COOSN1CCC(C2c3ccc(Cl)cc3C=C(CCC(=O)O)c3cccnc32)CC1. The van der Waals surface area contributed by atoms with Crippen molar-refractivity contribution >= 4 is 41.4 Å². The lowest BCUT2D eigenvalue weighted by molar-refractivity contribution is -0.163. The molecule has 2 heterocycles. The average Bonchev–Trinajstić information content (AvgIpc) is 2.91. The van der Waals surface area contributed by atoms with E-state index in [1.807, 2.05) is 24.4 Å². The molecule has 0 bridgehead atoms. The zero-order valence-corrected chi connectivity index (χ0v) is 18.9. The van der Waals surface area contributed by atoms with Crippen LogP contribution >= 0.6 is 23.8 Å². The summed E-state index contributed by atoms with van der Waals surface area (Å²) in [6.45, 7) is 1.78. The van der Waals surface area contributed by atoms with E-state index in [9.17, 15) is 9.90 Å². The first kappa shape index (κ1) is 22.3. The second-order valence-electron chi connectivity index (χ2n) is 7.83. The fraction of sp³-hybridized carbons (Fsp3) is 0.391. The number of hydrogen-bond donors (Lipinski definition) is 1. The standard InChI is InChI=1S/C23H25ClN2O4S/c1-29-30-31-26-11-8-15(9-12-26)22-19-6-5-18(24)14-17(19)13-16(4-7-21(27)28)20-3-2-10-25-23(20)22/h2-3,5-6,10,13-15,22H,4,7-9,11-12H2,1H3,(H,27,28). The number of aliphatic carboxylic acids is 1. The Hall–Kier alpha value is -1.90. The third-order valence-electron chi connectivity index (χ3n) is 5.97. The van der Waals surface area contributed by atoms with Crippen LogP contribution in [0.1, 0.15) is 54.0 Å². The highest BCUT2D eigenvalue weighted by molar-refractivity contribution is 7.92. The zero-order chi connectivity index (χ0) is 21.8. The molecule has 8 heteroatoms. The van der Waals surface area contributed by atoms with E-state index in [1.165, 1.54) is 24.9 Å². The van der Waals surface area contributed by atoms with Crippen molar-refractivity contribution in [3.05, 3.63) is 63.9 Å². The lowest BCUT2D eigenvalue weighted by Gasteiger charge is -2.35. The summed E-state index contributed by atoms with van der Waals surface area (Å²) in [6.07, 6.45) is 6.45. The van der Waals surface area contributed by atoms with Gasteiger partial charge in [-0.2, -0.15) is 0 Å². The number of halogens is 1. The van der Waals surface area contributed by atoms with Gasteiger partial charge in [0.2, 0.25) is 0 Å². The fourth-order valence-corrected chi connectivity index (χ4v) is 5.27. The molecule has 1 atom stereocenters. The lowest BCUT2D eigenvalue weighted by atomic mass is 9.76. The van der Waals surface area contributed by atoms with Crippen molar-refractivity contribution in [2.45, 2.75) is 31.6 Å². The van der Waals surface area contributed by atoms with E-state index in [2.05, 4.69) is 22.5 Å². The number of hydrogen-bond acceptors (Lipinski definition) is 6. The highest BCUT2D eigenvalue weighted by Gasteiger charge is 2.34. The van der Waals surface area contributed by atoms with E-state index in [1.54, 1.807) is 0 Å². The van der Waals surface area contributed by atoms with E-state index in [4.69, 9.17) is 25.8 Å². The number of rotatable bonds is 7. The summed E-state index contributed by atoms with van der Waals surface area (Å²) >= 11 is 7.59. The van der Waals surface area contributed by atoms with Gasteiger partial charge in [0.05, 0.1) is 12.8 Å². The molecular formula is C23H25ClN2O4S. The van der Waals surface area contributed by atoms with Crippen LogP contribution in [0.15, 0.2) is 36.5 Å². The van der Waals surface area contributed by atoms with Crippen LogP contribution in [0, 0.1) is 5.92 Å². The van der Waals surface area contributed by atoms with Gasteiger partial charge in [0, 0.05) is 36.6 Å². The number of benzene rings is 1. The summed E-state index contributed by atoms with van der Waals surface area (Å²) in [6, 6.07) is 10.0. The van der Waals surface area contributed by atoms with Crippen LogP contribution in [0.5, 0.6) is 0 Å². The molecule has 1 fully saturated rings. The van der Waals surface area contributed by atoms with Gasteiger partial charge in [0.15, 0.2) is 0 Å². The molecule has 1 unspecified atom stereocenters. The summed E-state index contributed by atoms with van der Waals surface area (Å²) in [4.78, 5) is 20.8. The third-order valence-corrected chi connectivity index (χ3v) is 6.98. The molecule has 1 aromatic carbocycles. The fourth-order valence-electron chi connectivity index (χ4n) is 4.59. The molecule has 164 valence electrons. The molecule has 2 aliphatic rings. The van der Waals surface area contributed by atoms with Crippen molar-refractivity contribution in [3.63, 3.8) is 0 Å². The number of piperidine rings is 1. The number of carboxylic acids is 1. The Balaban J connectivity index is 1.72. The van der Waals surface area contributed by atoms with Gasteiger partial charge in [-0.25, -0.2) is 9.19 Å². The number of fused-ring (bicyclic) bond motifs is 2. The quantitative estimate of drug-likeness (QED) is 0.255. The Morgan fingerprint density at radius 2 is 2.13 bits per heavy atom. The van der Waals surface area contributed by atoms with Crippen LogP contribution in [0.4, 0.5) is 0 Å². The van der Waals surface area contributed by atoms with Gasteiger partial charge in [-0.15, -0.1) is 4.33 Å². The highest BCUT2D eigenvalue weighted by atomic mass is 35.5. The largest absolute Gasteiger partial charge is 0.481 e. The molecule has 0 spiro atoms. The summed E-state index contributed by atoms with van der Waals surface area (Å²) in [5, 5.41) is 9.93. The lowest BCUT2D eigenvalue weighted by Crippen LogP contribution is -2.32. The number of pyridine rings is 1. The average molecular weight is 461 g/mol. The first-order valence-corrected chi connectivity index (χ1v) is 11.4. The molecular weight excluding hydrogens is 436 g/mol. The van der Waals surface area contributed by atoms with Crippen molar-refractivity contribution in [3.8, 4) is 0 Å². The molecule has 1 aliphatic carbocycles. The van der Waals surface area contributed by atoms with E-state index in [0.717, 1.165) is 48.3 Å². The molecule has 1 aromatic heterocycles. The van der Waals surface area contributed by atoms with Crippen LogP contribution in [-0.4, -0.2) is 40.6 Å². The summed E-state index contributed by atoms with van der Waals surface area (Å²) in [5.74, 6) is -0.278. The Morgan fingerprint density at radius 1 is 1.32 bits per heavy atom. The topological polar surface area (TPSA) is 71.9 Å². The van der Waals surface area contributed by atoms with Crippen LogP contribution < -0.4 is 0 Å².